The van der Waals surface area contributed by atoms with Gasteiger partial charge in [-0.3, -0.25) is 0 Å². The van der Waals surface area contributed by atoms with E-state index in [9.17, 15) is 8.42 Å². The number of nitrogens with two attached hydrogens (primary N) is 1. The van der Waals surface area contributed by atoms with Gasteiger partial charge in [-0.2, -0.15) is 0 Å². The van der Waals surface area contributed by atoms with Crippen LogP contribution in [0.25, 0.3) is 0 Å². The highest BCUT2D eigenvalue weighted by atomic mass is 35.5. The summed E-state index contributed by atoms with van der Waals surface area (Å²) in [4.78, 5) is 0. The minimum absolute atomic E-state index is 0. The number of likely N-dealkylation sites (N-methyl/N-ethyl adjacent to an activating group) is 1. The number of rotatable bonds is 5. The topological polar surface area (TPSA) is 72.6 Å². The van der Waals surface area contributed by atoms with Crippen LogP contribution >= 0.6 is 12.4 Å². The van der Waals surface area contributed by atoms with Crippen molar-refractivity contribution in [1.82, 2.24) is 4.31 Å². The number of nitrogens with zero attached hydrogens (tertiary/aromatic N) is 1. The largest absolute Gasteiger partial charge is 0.381 e. The molecule has 2 atom stereocenters. The lowest BCUT2D eigenvalue weighted by molar-refractivity contribution is 0.188. The fraction of sp³-hybridized carbons (Fsp3) is 1.00. The van der Waals surface area contributed by atoms with Crippen molar-refractivity contribution in [1.29, 1.82) is 0 Å². The summed E-state index contributed by atoms with van der Waals surface area (Å²) in [5.41, 5.74) is 5.45. The van der Waals surface area contributed by atoms with Gasteiger partial charge in [-0.15, -0.1) is 12.4 Å². The maximum absolute atomic E-state index is 11.9. The van der Waals surface area contributed by atoms with Gasteiger partial charge in [0.15, 0.2) is 0 Å². The molecule has 0 amide bonds. The molecule has 1 rings (SSSR count). The third-order valence-electron chi connectivity index (χ3n) is 2.87. The fourth-order valence-electron chi connectivity index (χ4n) is 1.55. The molecule has 98 valence electrons. The Morgan fingerprint density at radius 2 is 2.19 bits per heavy atom. The maximum atomic E-state index is 11.9. The Bertz CT molecular complexity index is 291. The van der Waals surface area contributed by atoms with Crippen molar-refractivity contribution in [2.24, 2.45) is 11.7 Å². The molecule has 0 radical (unpaired) electrons. The number of halogens is 1. The zero-order chi connectivity index (χ0) is 11.5. The molecule has 7 heteroatoms. The molecule has 1 saturated heterocycles. The third-order valence-corrected chi connectivity index (χ3v) is 5.00. The minimum Gasteiger partial charge on any atom is -0.381 e. The van der Waals surface area contributed by atoms with E-state index in [0.29, 0.717) is 19.8 Å². The van der Waals surface area contributed by atoms with E-state index in [1.165, 1.54) is 4.31 Å². The van der Waals surface area contributed by atoms with E-state index < -0.39 is 10.0 Å². The van der Waals surface area contributed by atoms with Crippen molar-refractivity contribution in [3.8, 4) is 0 Å². The molecule has 1 heterocycles. The number of hydrogen-bond acceptors (Lipinski definition) is 4. The average molecular weight is 273 g/mol. The molecule has 2 unspecified atom stereocenters. The summed E-state index contributed by atoms with van der Waals surface area (Å²) in [5.74, 6) is 0.316. The summed E-state index contributed by atoms with van der Waals surface area (Å²) in [5, 5.41) is 0. The highest BCUT2D eigenvalue weighted by Gasteiger charge is 2.28. The first-order valence-electron chi connectivity index (χ1n) is 5.21. The molecule has 16 heavy (non-hydrogen) atoms. The Morgan fingerprint density at radius 3 is 2.62 bits per heavy atom. The molecular formula is C9H21ClN2O3S. The Balaban J connectivity index is 0.00000225. The zero-order valence-corrected chi connectivity index (χ0v) is 11.4. The Hall–Kier alpha value is 0.120. The van der Waals surface area contributed by atoms with Gasteiger partial charge in [-0.05, 0) is 19.3 Å². The molecule has 2 N–H and O–H groups in total. The van der Waals surface area contributed by atoms with Crippen LogP contribution in [0.4, 0.5) is 0 Å². The average Bonchev–Trinajstić information content (AvgIpc) is 2.67. The summed E-state index contributed by atoms with van der Waals surface area (Å²) in [7, 11) is -1.60. The second-order valence-corrected chi connectivity index (χ2v) is 6.18. The first-order valence-corrected chi connectivity index (χ1v) is 6.82. The Labute approximate surface area is 104 Å². The summed E-state index contributed by atoms with van der Waals surface area (Å²) >= 11 is 0. The molecule has 5 nitrogen and oxygen atoms in total. The highest BCUT2D eigenvalue weighted by molar-refractivity contribution is 7.89. The Kier molecular flexibility index (Phi) is 6.81. The first kappa shape index (κ1) is 16.1. The van der Waals surface area contributed by atoms with E-state index in [0.717, 1.165) is 6.42 Å². The third kappa shape index (κ3) is 4.18. The smallest absolute Gasteiger partial charge is 0.214 e. The SMILES string of the molecule is CC(CN)N(C)S(=O)(=O)CC1CCOC1.Cl. The molecule has 1 aliphatic rings. The summed E-state index contributed by atoms with van der Waals surface area (Å²) in [6.45, 7) is 3.39. The van der Waals surface area contributed by atoms with E-state index >= 15 is 0 Å². The van der Waals surface area contributed by atoms with Crippen LogP contribution in [0.5, 0.6) is 0 Å². The first-order chi connectivity index (χ1) is 6.97. The van der Waals surface area contributed by atoms with E-state index in [2.05, 4.69) is 0 Å². The van der Waals surface area contributed by atoms with Gasteiger partial charge >= 0.3 is 0 Å². The molecule has 0 spiro atoms. The Morgan fingerprint density at radius 1 is 1.56 bits per heavy atom. The minimum atomic E-state index is -3.18. The standard InChI is InChI=1S/C9H20N2O3S.ClH/c1-8(5-10)11(2)15(12,13)7-9-3-4-14-6-9;/h8-9H,3-7,10H2,1-2H3;1H. The van der Waals surface area contributed by atoms with Gasteiger partial charge in [0.05, 0.1) is 12.4 Å². The van der Waals surface area contributed by atoms with Crippen LogP contribution in [0, 0.1) is 5.92 Å². The molecular weight excluding hydrogens is 252 g/mol. The van der Waals surface area contributed by atoms with Crippen molar-refractivity contribution >= 4 is 22.4 Å². The molecule has 0 saturated carbocycles. The van der Waals surface area contributed by atoms with Crippen molar-refractivity contribution in [2.75, 3.05) is 32.6 Å². The molecule has 0 aromatic heterocycles. The molecule has 0 aromatic carbocycles. The zero-order valence-electron chi connectivity index (χ0n) is 9.76. The lowest BCUT2D eigenvalue weighted by Crippen LogP contribution is -2.42. The summed E-state index contributed by atoms with van der Waals surface area (Å²) in [6, 6.07) is -0.141. The normalized spacial score (nSPS) is 23.1. The molecule has 0 aromatic rings. The predicted molar refractivity (Wildman–Crippen MR) is 66.2 cm³/mol. The molecule has 1 aliphatic heterocycles. The van der Waals surface area contributed by atoms with Gasteiger partial charge in [0, 0.05) is 26.2 Å². The lowest BCUT2D eigenvalue weighted by atomic mass is 10.2. The van der Waals surface area contributed by atoms with Crippen molar-refractivity contribution in [3.63, 3.8) is 0 Å². The maximum Gasteiger partial charge on any atom is 0.214 e. The van der Waals surface area contributed by atoms with Crippen LogP contribution < -0.4 is 5.73 Å². The van der Waals surface area contributed by atoms with Crippen molar-refractivity contribution in [3.05, 3.63) is 0 Å². The second kappa shape index (κ2) is 6.76. The molecule has 0 aliphatic carbocycles. The highest BCUT2D eigenvalue weighted by Crippen LogP contribution is 2.17. The fourth-order valence-corrected chi connectivity index (χ4v) is 3.28. The predicted octanol–water partition coefficient (Wildman–Crippen LogP) is 0.0535. The van der Waals surface area contributed by atoms with Crippen LogP contribution in [-0.4, -0.2) is 51.3 Å². The quantitative estimate of drug-likeness (QED) is 0.768. The van der Waals surface area contributed by atoms with Gasteiger partial charge in [0.2, 0.25) is 10.0 Å². The van der Waals surface area contributed by atoms with Crippen molar-refractivity contribution in [2.45, 2.75) is 19.4 Å². The van der Waals surface area contributed by atoms with Gasteiger partial charge in [0.25, 0.3) is 0 Å². The van der Waals surface area contributed by atoms with E-state index in [-0.39, 0.29) is 30.1 Å². The van der Waals surface area contributed by atoms with Gasteiger partial charge < -0.3 is 10.5 Å². The van der Waals surface area contributed by atoms with Crippen LogP contribution in [-0.2, 0) is 14.8 Å². The second-order valence-electron chi connectivity index (χ2n) is 4.11. The molecule has 0 bridgehead atoms. The number of hydrogen-bond donors (Lipinski definition) is 1. The van der Waals surface area contributed by atoms with Gasteiger partial charge in [0.1, 0.15) is 0 Å². The van der Waals surface area contributed by atoms with E-state index in [4.69, 9.17) is 10.5 Å². The van der Waals surface area contributed by atoms with E-state index in [1.54, 1.807) is 7.05 Å². The van der Waals surface area contributed by atoms with Gasteiger partial charge in [-0.25, -0.2) is 12.7 Å². The summed E-state index contributed by atoms with van der Waals surface area (Å²) < 4.78 is 30.3. The number of ether oxygens (including phenoxy) is 1. The van der Waals surface area contributed by atoms with E-state index in [1.807, 2.05) is 6.92 Å². The molecule has 1 fully saturated rings. The summed E-state index contributed by atoms with van der Waals surface area (Å²) in [6.07, 6.45) is 0.837. The number of sulfonamides is 1. The van der Waals surface area contributed by atoms with Crippen LogP contribution in [0.1, 0.15) is 13.3 Å². The van der Waals surface area contributed by atoms with Crippen molar-refractivity contribution < 1.29 is 13.2 Å². The van der Waals surface area contributed by atoms with Crippen LogP contribution in [0.15, 0.2) is 0 Å². The van der Waals surface area contributed by atoms with Gasteiger partial charge in [-0.1, -0.05) is 0 Å². The van der Waals surface area contributed by atoms with Crippen LogP contribution in [0.3, 0.4) is 0 Å². The monoisotopic (exact) mass is 272 g/mol. The van der Waals surface area contributed by atoms with Crippen LogP contribution in [0.2, 0.25) is 0 Å². The lowest BCUT2D eigenvalue weighted by Gasteiger charge is -2.24.